The van der Waals surface area contributed by atoms with Gasteiger partial charge in [0, 0.05) is 0 Å². The van der Waals surface area contributed by atoms with E-state index in [1.165, 1.54) is 30.3 Å². The van der Waals surface area contributed by atoms with E-state index in [2.05, 4.69) is 4.72 Å². The summed E-state index contributed by atoms with van der Waals surface area (Å²) in [7, 11) is -3.96. The van der Waals surface area contributed by atoms with E-state index in [-0.39, 0.29) is 16.1 Å². The topological polar surface area (TPSA) is 83.5 Å². The molecule has 0 saturated carbocycles. The first kappa shape index (κ1) is 16.0. The summed E-state index contributed by atoms with van der Waals surface area (Å²) < 4.78 is 40.3. The second-order valence-corrected chi connectivity index (χ2v) is 6.50. The van der Waals surface area contributed by atoms with Crippen LogP contribution in [0.5, 0.6) is 0 Å². The number of carboxylic acid groups (broad SMARTS) is 1. The second kappa shape index (κ2) is 5.76. The molecule has 0 fully saturated rings. The largest absolute Gasteiger partial charge is 0.478 e. The minimum absolute atomic E-state index is 0.0578. The number of aryl methyl sites for hydroxylation is 2. The van der Waals surface area contributed by atoms with E-state index in [9.17, 15) is 17.6 Å². The van der Waals surface area contributed by atoms with Crippen LogP contribution >= 0.6 is 0 Å². The fourth-order valence-corrected chi connectivity index (χ4v) is 3.36. The highest BCUT2D eigenvalue weighted by molar-refractivity contribution is 7.92. The minimum Gasteiger partial charge on any atom is -0.478 e. The highest BCUT2D eigenvalue weighted by atomic mass is 32.2. The standard InChI is InChI=1S/C15H14FNO4S/c1-9-3-5-12(16)8-14(9)22(20,21)17-13-6-4-11(15(18)19)7-10(13)2/h3-8,17H,1-2H3,(H,18,19). The molecule has 0 saturated heterocycles. The van der Waals surface area contributed by atoms with Crippen molar-refractivity contribution in [1.82, 2.24) is 0 Å². The first-order valence-electron chi connectivity index (χ1n) is 6.33. The second-order valence-electron chi connectivity index (χ2n) is 4.85. The van der Waals surface area contributed by atoms with Gasteiger partial charge in [-0.25, -0.2) is 17.6 Å². The smallest absolute Gasteiger partial charge is 0.335 e. The van der Waals surface area contributed by atoms with Gasteiger partial charge in [0.1, 0.15) is 5.82 Å². The Bertz CT molecular complexity index is 847. The van der Waals surface area contributed by atoms with Gasteiger partial charge < -0.3 is 5.11 Å². The van der Waals surface area contributed by atoms with Gasteiger partial charge in [0.05, 0.1) is 16.1 Å². The first-order chi connectivity index (χ1) is 10.2. The van der Waals surface area contributed by atoms with Gasteiger partial charge in [-0.05, 0) is 55.3 Å². The Morgan fingerprint density at radius 1 is 1.09 bits per heavy atom. The fourth-order valence-electron chi connectivity index (χ4n) is 1.97. The summed E-state index contributed by atoms with van der Waals surface area (Å²) >= 11 is 0. The van der Waals surface area contributed by atoms with Crippen molar-refractivity contribution in [2.75, 3.05) is 4.72 Å². The van der Waals surface area contributed by atoms with Crippen molar-refractivity contribution in [3.05, 3.63) is 58.9 Å². The van der Waals surface area contributed by atoms with Gasteiger partial charge >= 0.3 is 5.97 Å². The lowest BCUT2D eigenvalue weighted by Crippen LogP contribution is -2.15. The summed E-state index contributed by atoms with van der Waals surface area (Å²) in [5, 5.41) is 8.90. The maximum Gasteiger partial charge on any atom is 0.335 e. The normalized spacial score (nSPS) is 11.2. The zero-order valence-corrected chi connectivity index (χ0v) is 12.7. The highest BCUT2D eigenvalue weighted by Crippen LogP contribution is 2.23. The Morgan fingerprint density at radius 3 is 2.36 bits per heavy atom. The molecular weight excluding hydrogens is 309 g/mol. The molecule has 0 spiro atoms. The predicted molar refractivity (Wildman–Crippen MR) is 80.1 cm³/mol. The molecule has 0 atom stereocenters. The van der Waals surface area contributed by atoms with Crippen LogP contribution in [-0.2, 0) is 10.0 Å². The van der Waals surface area contributed by atoms with Crippen LogP contribution < -0.4 is 4.72 Å². The third kappa shape index (κ3) is 3.25. The van der Waals surface area contributed by atoms with Gasteiger partial charge in [-0.15, -0.1) is 0 Å². The van der Waals surface area contributed by atoms with Crippen molar-refractivity contribution >= 4 is 21.7 Å². The summed E-state index contributed by atoms with van der Waals surface area (Å²) in [5.41, 5.74) is 1.17. The molecule has 0 radical (unpaired) electrons. The number of hydrogen-bond acceptors (Lipinski definition) is 3. The Kier molecular flexibility index (Phi) is 4.18. The maximum absolute atomic E-state index is 13.3. The van der Waals surface area contributed by atoms with E-state index in [0.29, 0.717) is 11.1 Å². The molecule has 0 amide bonds. The summed E-state index contributed by atoms with van der Waals surface area (Å²) in [6, 6.07) is 7.53. The van der Waals surface area contributed by atoms with Crippen LogP contribution in [0.3, 0.4) is 0 Å². The predicted octanol–water partition coefficient (Wildman–Crippen LogP) is 2.94. The van der Waals surface area contributed by atoms with Crippen molar-refractivity contribution < 1.29 is 22.7 Å². The molecule has 22 heavy (non-hydrogen) atoms. The van der Waals surface area contributed by atoms with Crippen molar-refractivity contribution in [3.63, 3.8) is 0 Å². The lowest BCUT2D eigenvalue weighted by atomic mass is 10.1. The number of carbonyl (C=O) groups is 1. The van der Waals surface area contributed by atoms with Crippen molar-refractivity contribution in [2.45, 2.75) is 18.7 Å². The first-order valence-corrected chi connectivity index (χ1v) is 7.82. The molecule has 116 valence electrons. The highest BCUT2D eigenvalue weighted by Gasteiger charge is 2.19. The molecule has 7 heteroatoms. The number of hydrogen-bond donors (Lipinski definition) is 2. The van der Waals surface area contributed by atoms with Crippen molar-refractivity contribution in [3.8, 4) is 0 Å². The summed E-state index contributed by atoms with van der Waals surface area (Å²) in [6.45, 7) is 3.15. The molecule has 0 bridgehead atoms. The molecule has 0 heterocycles. The lowest BCUT2D eigenvalue weighted by Gasteiger charge is -2.13. The number of sulfonamides is 1. The molecule has 0 aliphatic rings. The molecule has 0 aromatic heterocycles. The van der Waals surface area contributed by atoms with E-state index < -0.39 is 21.8 Å². The number of aromatic carboxylic acids is 1. The van der Waals surface area contributed by atoms with Crippen LogP contribution in [0.15, 0.2) is 41.3 Å². The fraction of sp³-hybridized carbons (Fsp3) is 0.133. The van der Waals surface area contributed by atoms with Gasteiger partial charge in [0.15, 0.2) is 0 Å². The van der Waals surface area contributed by atoms with E-state index in [1.54, 1.807) is 13.8 Å². The molecule has 2 aromatic rings. The Balaban J connectivity index is 2.41. The van der Waals surface area contributed by atoms with Gasteiger partial charge in [0.25, 0.3) is 10.0 Å². The summed E-state index contributed by atoms with van der Waals surface area (Å²) in [4.78, 5) is 10.7. The van der Waals surface area contributed by atoms with Crippen molar-refractivity contribution in [2.24, 2.45) is 0 Å². The van der Waals surface area contributed by atoms with Crippen LogP contribution in [0.4, 0.5) is 10.1 Å². The number of rotatable bonds is 4. The Labute approximate surface area is 127 Å². The summed E-state index contributed by atoms with van der Waals surface area (Å²) in [6.07, 6.45) is 0. The molecule has 0 unspecified atom stereocenters. The average Bonchev–Trinajstić information content (AvgIpc) is 2.43. The Hall–Kier alpha value is -2.41. The van der Waals surface area contributed by atoms with Gasteiger partial charge in [-0.3, -0.25) is 4.72 Å². The maximum atomic E-state index is 13.3. The number of anilines is 1. The van der Waals surface area contributed by atoms with E-state index >= 15 is 0 Å². The zero-order valence-electron chi connectivity index (χ0n) is 11.9. The zero-order chi connectivity index (χ0) is 16.5. The Morgan fingerprint density at radius 2 is 1.77 bits per heavy atom. The average molecular weight is 323 g/mol. The van der Waals surface area contributed by atoms with Crippen LogP contribution in [0.1, 0.15) is 21.5 Å². The number of nitrogens with one attached hydrogen (secondary N) is 1. The lowest BCUT2D eigenvalue weighted by molar-refractivity contribution is 0.0697. The quantitative estimate of drug-likeness (QED) is 0.906. The molecular formula is C15H14FNO4S. The third-order valence-corrected chi connectivity index (χ3v) is 4.66. The molecule has 0 aliphatic heterocycles. The molecule has 0 aliphatic carbocycles. The van der Waals surface area contributed by atoms with Crippen molar-refractivity contribution in [1.29, 1.82) is 0 Å². The molecule has 2 N–H and O–H groups in total. The van der Waals surface area contributed by atoms with Gasteiger partial charge in [-0.1, -0.05) is 6.07 Å². The van der Waals surface area contributed by atoms with Gasteiger partial charge in [-0.2, -0.15) is 0 Å². The van der Waals surface area contributed by atoms with Crippen LogP contribution in [0, 0.1) is 19.7 Å². The molecule has 2 rings (SSSR count). The van der Waals surface area contributed by atoms with E-state index in [4.69, 9.17) is 5.11 Å². The molecule has 5 nitrogen and oxygen atoms in total. The number of halogens is 1. The van der Waals surface area contributed by atoms with Crippen LogP contribution in [0.25, 0.3) is 0 Å². The van der Waals surface area contributed by atoms with Crippen LogP contribution in [0.2, 0.25) is 0 Å². The van der Waals surface area contributed by atoms with E-state index in [0.717, 1.165) is 6.07 Å². The number of benzene rings is 2. The third-order valence-electron chi connectivity index (χ3n) is 3.16. The van der Waals surface area contributed by atoms with Crippen LogP contribution in [-0.4, -0.2) is 19.5 Å². The summed E-state index contributed by atoms with van der Waals surface area (Å²) in [5.74, 6) is -1.75. The molecule has 2 aromatic carbocycles. The van der Waals surface area contributed by atoms with Gasteiger partial charge in [0.2, 0.25) is 0 Å². The number of carboxylic acids is 1. The van der Waals surface area contributed by atoms with E-state index in [1.807, 2.05) is 0 Å². The minimum atomic E-state index is -3.96. The monoisotopic (exact) mass is 323 g/mol. The SMILES string of the molecule is Cc1cc(C(=O)O)ccc1NS(=O)(=O)c1cc(F)ccc1C.